The highest BCUT2D eigenvalue weighted by molar-refractivity contribution is 8.76. The first kappa shape index (κ1) is 40.7. The molecular weight excluding hydrogens is 777 g/mol. The SMILES string of the molecule is CC1C=CC=CC1CCC1c2cc(-c3ccncc3)nn2CCN1C(=O)C(N)CSSC[C@H](N)C(=O)N1CCn2nc(-c3ccncc3)cc2C1CCc1ccccc1. The summed E-state index contributed by atoms with van der Waals surface area (Å²) < 4.78 is 4.09. The number of fused-ring (bicyclic) bond motifs is 2. The molecule has 4 N–H and O–H groups in total. The molecule has 6 atom stereocenters. The highest BCUT2D eigenvalue weighted by Crippen LogP contribution is 2.37. The van der Waals surface area contributed by atoms with E-state index in [-0.39, 0.29) is 23.9 Å². The van der Waals surface area contributed by atoms with Crippen LogP contribution in [0.15, 0.2) is 116 Å². The van der Waals surface area contributed by atoms with Gasteiger partial charge in [-0.25, -0.2) is 0 Å². The van der Waals surface area contributed by atoms with Crippen molar-refractivity contribution in [1.82, 2.24) is 39.3 Å². The molecule has 12 nitrogen and oxygen atoms in total. The maximum atomic E-state index is 14.2. The number of pyridine rings is 2. The summed E-state index contributed by atoms with van der Waals surface area (Å²) in [5, 5.41) is 9.85. The van der Waals surface area contributed by atoms with Crippen LogP contribution in [0.4, 0.5) is 0 Å². The molecule has 14 heteroatoms. The van der Waals surface area contributed by atoms with Crippen LogP contribution in [0.1, 0.15) is 55.2 Å². The van der Waals surface area contributed by atoms with E-state index in [1.165, 1.54) is 27.2 Å². The number of carbonyl (C=O) groups excluding carboxylic acids is 2. The summed E-state index contributed by atoms with van der Waals surface area (Å²) in [5.74, 6) is 1.50. The molecule has 5 unspecified atom stereocenters. The Morgan fingerprint density at radius 3 is 1.71 bits per heavy atom. The second-order valence-corrected chi connectivity index (χ2v) is 18.2. The molecule has 0 spiro atoms. The quantitative estimate of drug-likeness (QED) is 0.0884. The molecule has 306 valence electrons. The third-order valence-electron chi connectivity index (χ3n) is 11.8. The highest BCUT2D eigenvalue weighted by Gasteiger charge is 2.37. The largest absolute Gasteiger partial charge is 0.331 e. The number of aryl methyl sites for hydroxylation is 1. The van der Waals surface area contributed by atoms with Crippen LogP contribution in [-0.4, -0.2) is 87.8 Å². The van der Waals surface area contributed by atoms with E-state index in [2.05, 4.69) is 70.1 Å². The molecule has 59 heavy (non-hydrogen) atoms. The van der Waals surface area contributed by atoms with Gasteiger partial charge < -0.3 is 21.3 Å². The van der Waals surface area contributed by atoms with E-state index < -0.39 is 12.1 Å². The van der Waals surface area contributed by atoms with Crippen molar-refractivity contribution in [2.45, 2.75) is 69.9 Å². The van der Waals surface area contributed by atoms with Gasteiger partial charge in [0.05, 0.1) is 60.0 Å². The molecule has 1 aliphatic carbocycles. The van der Waals surface area contributed by atoms with E-state index in [1.807, 2.05) is 56.9 Å². The van der Waals surface area contributed by atoms with Crippen molar-refractivity contribution in [3.05, 3.63) is 133 Å². The van der Waals surface area contributed by atoms with E-state index in [0.717, 1.165) is 59.6 Å². The predicted octanol–water partition coefficient (Wildman–Crippen LogP) is 6.50. The van der Waals surface area contributed by atoms with E-state index in [0.29, 0.717) is 49.5 Å². The van der Waals surface area contributed by atoms with Crippen LogP contribution in [0, 0.1) is 11.8 Å². The fourth-order valence-electron chi connectivity index (χ4n) is 8.49. The number of hydrogen-bond acceptors (Lipinski definition) is 10. The Labute approximate surface area is 353 Å². The predicted molar refractivity (Wildman–Crippen MR) is 236 cm³/mol. The highest BCUT2D eigenvalue weighted by atomic mass is 33.1. The smallest absolute Gasteiger partial charge is 0.241 e. The number of amides is 2. The van der Waals surface area contributed by atoms with Crippen LogP contribution in [0.25, 0.3) is 22.5 Å². The molecule has 4 aromatic heterocycles. The molecular formula is C45H52N10O2S2. The number of nitrogens with two attached hydrogens (primary N) is 2. The lowest BCUT2D eigenvalue weighted by Crippen LogP contribution is -2.50. The molecule has 2 aliphatic heterocycles. The second kappa shape index (κ2) is 18.9. The van der Waals surface area contributed by atoms with E-state index in [1.54, 1.807) is 24.8 Å². The molecule has 6 heterocycles. The summed E-state index contributed by atoms with van der Waals surface area (Å²) in [6, 6.07) is 20.7. The van der Waals surface area contributed by atoms with Gasteiger partial charge in [-0.3, -0.25) is 28.9 Å². The molecule has 1 aromatic carbocycles. The molecule has 8 rings (SSSR count). The van der Waals surface area contributed by atoms with Gasteiger partial charge in [0, 0.05) is 60.5 Å². The number of benzene rings is 1. The summed E-state index contributed by atoms with van der Waals surface area (Å²) in [5.41, 5.74) is 20.3. The Morgan fingerprint density at radius 2 is 1.19 bits per heavy atom. The second-order valence-electron chi connectivity index (χ2n) is 15.6. The standard InChI is InChI=1S/C45H52N10O2S2/c1-31-7-5-6-10-33(31)12-14-41-43-28-39(35-17-21-49-22-18-35)51-55(43)26-24-53(41)45(57)37(47)30-59-58-29-36(46)44(56)52-23-25-54-42(27-38(50-54)34-15-19-48-20-16-34)40(52)13-11-32-8-3-2-4-9-32/h2-10,15-22,27-28,31,33,36-37,40-41H,11-14,23-26,29-30,46-47H2,1H3/t31?,33?,36-,37?,40?,41?/m0/s1. The molecule has 0 fully saturated rings. The molecule has 0 saturated carbocycles. The third-order valence-corrected chi connectivity index (χ3v) is 14.2. The first-order chi connectivity index (χ1) is 28.8. The maximum absolute atomic E-state index is 14.2. The summed E-state index contributed by atoms with van der Waals surface area (Å²) in [6.07, 6.45) is 19.2. The summed E-state index contributed by atoms with van der Waals surface area (Å²) in [4.78, 5) is 40.5. The first-order valence-electron chi connectivity index (χ1n) is 20.6. The zero-order chi connectivity index (χ0) is 40.7. The van der Waals surface area contributed by atoms with Crippen LogP contribution in [-0.2, 0) is 29.1 Å². The average molecular weight is 829 g/mol. The zero-order valence-electron chi connectivity index (χ0n) is 33.4. The first-order valence-corrected chi connectivity index (χ1v) is 23.0. The van der Waals surface area contributed by atoms with Gasteiger partial charge in [-0.1, -0.05) is 83.1 Å². The van der Waals surface area contributed by atoms with Crippen LogP contribution in [0.5, 0.6) is 0 Å². The number of rotatable bonds is 15. The van der Waals surface area contributed by atoms with Crippen molar-refractivity contribution in [2.75, 3.05) is 24.6 Å². The molecule has 5 aromatic rings. The Balaban J connectivity index is 0.897. The number of allylic oxidation sites excluding steroid dienone is 4. The van der Waals surface area contributed by atoms with E-state index in [9.17, 15) is 9.59 Å². The summed E-state index contributed by atoms with van der Waals surface area (Å²) >= 11 is 0. The Bertz CT molecular complexity index is 2250. The minimum atomic E-state index is -0.708. The van der Waals surface area contributed by atoms with Crippen LogP contribution in [0.3, 0.4) is 0 Å². The van der Waals surface area contributed by atoms with Gasteiger partial charge in [0.25, 0.3) is 0 Å². The molecule has 3 aliphatic rings. The lowest BCUT2D eigenvalue weighted by Gasteiger charge is -2.38. The van der Waals surface area contributed by atoms with Gasteiger partial charge in [0.15, 0.2) is 0 Å². The Morgan fingerprint density at radius 1 is 0.678 bits per heavy atom. The van der Waals surface area contributed by atoms with Gasteiger partial charge in [0.2, 0.25) is 11.8 Å². The fraction of sp³-hybridized carbons (Fsp3) is 0.378. The van der Waals surface area contributed by atoms with Gasteiger partial charge in [0.1, 0.15) is 0 Å². The lowest BCUT2D eigenvalue weighted by atomic mass is 9.84. The molecule has 0 bridgehead atoms. The van der Waals surface area contributed by atoms with E-state index in [4.69, 9.17) is 21.7 Å². The van der Waals surface area contributed by atoms with Crippen molar-refractivity contribution >= 4 is 33.4 Å². The van der Waals surface area contributed by atoms with Crippen molar-refractivity contribution in [1.29, 1.82) is 0 Å². The molecule has 2 amide bonds. The number of aromatic nitrogens is 6. The average Bonchev–Trinajstić information content (AvgIpc) is 3.93. The summed E-state index contributed by atoms with van der Waals surface area (Å²) in [7, 11) is 3.00. The van der Waals surface area contributed by atoms with Crippen LogP contribution in [0.2, 0.25) is 0 Å². The van der Waals surface area contributed by atoms with E-state index >= 15 is 0 Å². The monoisotopic (exact) mass is 828 g/mol. The zero-order valence-corrected chi connectivity index (χ0v) is 35.0. The van der Waals surface area contributed by atoms with Gasteiger partial charge in [-0.15, -0.1) is 0 Å². The van der Waals surface area contributed by atoms with Crippen molar-refractivity contribution in [3.8, 4) is 22.5 Å². The van der Waals surface area contributed by atoms with Crippen molar-refractivity contribution < 1.29 is 9.59 Å². The third kappa shape index (κ3) is 9.41. The molecule has 0 saturated heterocycles. The minimum Gasteiger partial charge on any atom is -0.331 e. The topological polar surface area (TPSA) is 154 Å². The maximum Gasteiger partial charge on any atom is 0.241 e. The Kier molecular flexibility index (Phi) is 13.1. The number of hydrogen-bond donors (Lipinski definition) is 2. The van der Waals surface area contributed by atoms with Crippen molar-refractivity contribution in [2.24, 2.45) is 23.3 Å². The van der Waals surface area contributed by atoms with Crippen LogP contribution >= 0.6 is 21.6 Å². The fourth-order valence-corrected chi connectivity index (χ4v) is 10.7. The van der Waals surface area contributed by atoms with Gasteiger partial charge >= 0.3 is 0 Å². The minimum absolute atomic E-state index is 0.0640. The van der Waals surface area contributed by atoms with Crippen molar-refractivity contribution in [3.63, 3.8) is 0 Å². The van der Waals surface area contributed by atoms with Crippen LogP contribution < -0.4 is 11.5 Å². The number of nitrogens with zero attached hydrogens (tertiary/aromatic N) is 8. The van der Waals surface area contributed by atoms with Gasteiger partial charge in [-0.2, -0.15) is 10.2 Å². The molecule has 0 radical (unpaired) electrons. The normalized spacial score (nSPS) is 20.9. The lowest BCUT2D eigenvalue weighted by molar-refractivity contribution is -0.136. The summed E-state index contributed by atoms with van der Waals surface area (Å²) in [6.45, 7) is 4.51. The number of carbonyl (C=O) groups is 2. The Hall–Kier alpha value is -5.02. The van der Waals surface area contributed by atoms with Gasteiger partial charge in [-0.05, 0) is 79.5 Å².